The van der Waals surface area contributed by atoms with Gasteiger partial charge in [-0.3, -0.25) is 9.36 Å². The molecule has 126 valence electrons. The highest BCUT2D eigenvalue weighted by Crippen LogP contribution is 2.22. The SMILES string of the molecule is Cc1cc2c(=O)n(CCOC(C)C)c(-c3cccc(Cl)c3)nc2[nH]1. The number of aryl methyl sites for hydroxylation is 1. The van der Waals surface area contributed by atoms with E-state index in [4.69, 9.17) is 16.3 Å². The van der Waals surface area contributed by atoms with Crippen LogP contribution in [0.5, 0.6) is 0 Å². The van der Waals surface area contributed by atoms with Gasteiger partial charge >= 0.3 is 0 Å². The number of aromatic amines is 1. The van der Waals surface area contributed by atoms with E-state index in [2.05, 4.69) is 9.97 Å². The molecular weight excluding hydrogens is 326 g/mol. The van der Waals surface area contributed by atoms with E-state index in [0.29, 0.717) is 35.0 Å². The van der Waals surface area contributed by atoms with Crippen LogP contribution in [0.2, 0.25) is 5.02 Å². The van der Waals surface area contributed by atoms with Crippen LogP contribution in [0.15, 0.2) is 35.1 Å². The van der Waals surface area contributed by atoms with Crippen molar-refractivity contribution in [3.05, 3.63) is 51.4 Å². The minimum Gasteiger partial charge on any atom is -0.377 e. The summed E-state index contributed by atoms with van der Waals surface area (Å²) in [6.07, 6.45) is 0.113. The molecule has 1 aromatic carbocycles. The van der Waals surface area contributed by atoms with Crippen LogP contribution < -0.4 is 5.56 Å². The molecule has 0 aliphatic carbocycles. The molecule has 0 saturated heterocycles. The second kappa shape index (κ2) is 6.79. The van der Waals surface area contributed by atoms with Crippen molar-refractivity contribution in [2.75, 3.05) is 6.61 Å². The molecule has 0 aliphatic rings. The fraction of sp³-hybridized carbons (Fsp3) is 0.333. The number of nitrogens with one attached hydrogen (secondary N) is 1. The van der Waals surface area contributed by atoms with Crippen molar-refractivity contribution in [1.29, 1.82) is 0 Å². The van der Waals surface area contributed by atoms with Crippen molar-refractivity contribution in [2.45, 2.75) is 33.4 Å². The summed E-state index contributed by atoms with van der Waals surface area (Å²) in [5, 5.41) is 1.19. The Morgan fingerprint density at radius 3 is 2.83 bits per heavy atom. The molecule has 0 aliphatic heterocycles. The third-order valence-electron chi connectivity index (χ3n) is 3.73. The molecule has 0 fully saturated rings. The van der Waals surface area contributed by atoms with Gasteiger partial charge in [-0.05, 0) is 39.0 Å². The highest BCUT2D eigenvalue weighted by molar-refractivity contribution is 6.30. The lowest BCUT2D eigenvalue weighted by molar-refractivity contribution is 0.0724. The monoisotopic (exact) mass is 345 g/mol. The fourth-order valence-corrected chi connectivity index (χ4v) is 2.86. The second-order valence-corrected chi connectivity index (χ2v) is 6.47. The maximum Gasteiger partial charge on any atom is 0.263 e. The Labute approximate surface area is 145 Å². The number of rotatable bonds is 5. The number of aromatic nitrogens is 3. The summed E-state index contributed by atoms with van der Waals surface area (Å²) >= 11 is 6.11. The van der Waals surface area contributed by atoms with E-state index in [1.54, 1.807) is 10.6 Å². The molecule has 0 atom stereocenters. The van der Waals surface area contributed by atoms with Crippen molar-refractivity contribution in [2.24, 2.45) is 0 Å². The first-order valence-corrected chi connectivity index (χ1v) is 8.31. The number of halogens is 1. The number of benzene rings is 1. The van der Waals surface area contributed by atoms with Crippen LogP contribution >= 0.6 is 11.6 Å². The Hall–Kier alpha value is -2.11. The van der Waals surface area contributed by atoms with Crippen molar-refractivity contribution in [1.82, 2.24) is 14.5 Å². The third-order valence-corrected chi connectivity index (χ3v) is 3.96. The molecule has 0 saturated carbocycles. The first kappa shape index (κ1) is 16.7. The van der Waals surface area contributed by atoms with Crippen molar-refractivity contribution in [3.8, 4) is 11.4 Å². The van der Waals surface area contributed by atoms with Crippen LogP contribution in [-0.4, -0.2) is 27.2 Å². The molecule has 2 aromatic heterocycles. The first-order chi connectivity index (χ1) is 11.5. The lowest BCUT2D eigenvalue weighted by Crippen LogP contribution is -2.26. The minimum atomic E-state index is -0.0771. The molecule has 3 aromatic rings. The van der Waals surface area contributed by atoms with Crippen LogP contribution in [0.4, 0.5) is 0 Å². The highest BCUT2D eigenvalue weighted by atomic mass is 35.5. The van der Waals surface area contributed by atoms with Crippen LogP contribution in [0.3, 0.4) is 0 Å². The summed E-state index contributed by atoms with van der Waals surface area (Å²) in [7, 11) is 0. The maximum atomic E-state index is 12.9. The van der Waals surface area contributed by atoms with E-state index in [-0.39, 0.29) is 11.7 Å². The van der Waals surface area contributed by atoms with Gasteiger partial charge in [0, 0.05) is 16.3 Å². The molecule has 2 heterocycles. The number of fused-ring (bicyclic) bond motifs is 1. The van der Waals surface area contributed by atoms with Gasteiger partial charge in [0.05, 0.1) is 24.6 Å². The van der Waals surface area contributed by atoms with Gasteiger partial charge in [-0.2, -0.15) is 0 Å². The minimum absolute atomic E-state index is 0.0771. The molecule has 0 radical (unpaired) electrons. The van der Waals surface area contributed by atoms with Gasteiger partial charge in [0.2, 0.25) is 0 Å². The highest BCUT2D eigenvalue weighted by Gasteiger charge is 2.15. The predicted molar refractivity (Wildman–Crippen MR) is 96.6 cm³/mol. The maximum absolute atomic E-state index is 12.9. The number of nitrogens with zero attached hydrogens (tertiary/aromatic N) is 2. The lowest BCUT2D eigenvalue weighted by atomic mass is 10.2. The largest absolute Gasteiger partial charge is 0.377 e. The van der Waals surface area contributed by atoms with E-state index < -0.39 is 0 Å². The molecule has 0 spiro atoms. The Morgan fingerprint density at radius 2 is 2.12 bits per heavy atom. The molecular formula is C18H20ClN3O2. The predicted octanol–water partition coefficient (Wildman–Crippen LogP) is 3.78. The number of hydrogen-bond donors (Lipinski definition) is 1. The topological polar surface area (TPSA) is 59.9 Å². The summed E-state index contributed by atoms with van der Waals surface area (Å²) < 4.78 is 7.27. The van der Waals surface area contributed by atoms with Gasteiger partial charge in [-0.1, -0.05) is 23.7 Å². The van der Waals surface area contributed by atoms with Crippen LogP contribution in [-0.2, 0) is 11.3 Å². The standard InChI is InChI=1S/C18H20ClN3O2/c1-11(2)24-8-7-22-17(13-5-4-6-14(19)10-13)21-16-15(18(22)23)9-12(3)20-16/h4-6,9-11,20H,7-8H2,1-3H3. The molecule has 6 heteroatoms. The van der Waals surface area contributed by atoms with Gasteiger partial charge in [-0.15, -0.1) is 0 Å². The summed E-state index contributed by atoms with van der Waals surface area (Å²) in [6.45, 7) is 6.73. The molecule has 0 unspecified atom stereocenters. The molecule has 0 bridgehead atoms. The summed E-state index contributed by atoms with van der Waals surface area (Å²) in [4.78, 5) is 20.7. The third kappa shape index (κ3) is 3.37. The average molecular weight is 346 g/mol. The summed E-state index contributed by atoms with van der Waals surface area (Å²) in [5.41, 5.74) is 2.22. The van der Waals surface area contributed by atoms with Crippen LogP contribution in [0.25, 0.3) is 22.4 Å². The smallest absolute Gasteiger partial charge is 0.263 e. The zero-order chi connectivity index (χ0) is 17.3. The average Bonchev–Trinajstić information content (AvgIpc) is 2.90. The summed E-state index contributed by atoms with van der Waals surface area (Å²) in [6, 6.07) is 9.18. The fourth-order valence-electron chi connectivity index (χ4n) is 2.67. The molecule has 1 N–H and O–H groups in total. The van der Waals surface area contributed by atoms with Gasteiger partial charge in [0.1, 0.15) is 11.5 Å². The first-order valence-electron chi connectivity index (χ1n) is 7.93. The Bertz CT molecular complexity index is 928. The normalized spacial score (nSPS) is 11.5. The van der Waals surface area contributed by atoms with Crippen molar-refractivity contribution in [3.63, 3.8) is 0 Å². The molecule has 3 rings (SSSR count). The van der Waals surface area contributed by atoms with E-state index in [1.807, 2.05) is 45.0 Å². The van der Waals surface area contributed by atoms with Crippen molar-refractivity contribution >= 4 is 22.6 Å². The molecule has 0 amide bonds. The lowest BCUT2D eigenvalue weighted by Gasteiger charge is -2.14. The Morgan fingerprint density at radius 1 is 1.33 bits per heavy atom. The van der Waals surface area contributed by atoms with Crippen molar-refractivity contribution < 1.29 is 4.74 Å². The van der Waals surface area contributed by atoms with Crippen LogP contribution in [0, 0.1) is 6.92 Å². The molecule has 24 heavy (non-hydrogen) atoms. The summed E-state index contributed by atoms with van der Waals surface area (Å²) in [5.74, 6) is 0.587. The van der Waals surface area contributed by atoms with E-state index in [1.165, 1.54) is 0 Å². The zero-order valence-electron chi connectivity index (χ0n) is 14.0. The zero-order valence-corrected chi connectivity index (χ0v) is 14.7. The van der Waals surface area contributed by atoms with Gasteiger partial charge in [0.25, 0.3) is 5.56 Å². The van der Waals surface area contributed by atoms with Crippen LogP contribution in [0.1, 0.15) is 19.5 Å². The van der Waals surface area contributed by atoms with E-state index in [0.717, 1.165) is 11.3 Å². The van der Waals surface area contributed by atoms with Gasteiger partial charge in [-0.25, -0.2) is 4.98 Å². The Balaban J connectivity index is 2.15. The van der Waals surface area contributed by atoms with E-state index >= 15 is 0 Å². The quantitative estimate of drug-likeness (QED) is 0.765. The number of ether oxygens (including phenoxy) is 1. The van der Waals surface area contributed by atoms with E-state index in [9.17, 15) is 4.79 Å². The number of hydrogen-bond acceptors (Lipinski definition) is 3. The van der Waals surface area contributed by atoms with Gasteiger partial charge < -0.3 is 9.72 Å². The number of H-pyrrole nitrogens is 1. The van der Waals surface area contributed by atoms with Gasteiger partial charge in [0.15, 0.2) is 0 Å². The Kier molecular flexibility index (Phi) is 4.73. The molecule has 5 nitrogen and oxygen atoms in total. The second-order valence-electron chi connectivity index (χ2n) is 6.04.